The molecule has 0 heterocycles. The number of nitrogens with zero attached hydrogens (tertiary/aromatic N) is 1. The molecule has 0 unspecified atom stereocenters. The predicted octanol–water partition coefficient (Wildman–Crippen LogP) is -3.47. The zero-order valence-corrected chi connectivity index (χ0v) is 8.15. The first-order valence-electron chi connectivity index (χ1n) is 1.68. The Hall–Kier alpha value is 0.586. The number of halogens is 1. The van der Waals surface area contributed by atoms with Gasteiger partial charge in [0.1, 0.15) is 0 Å². The van der Waals surface area contributed by atoms with Crippen LogP contribution in [-0.4, -0.2) is 48.0 Å². The van der Waals surface area contributed by atoms with E-state index in [4.69, 9.17) is 0 Å². The van der Waals surface area contributed by atoms with Crippen LogP contribution in [0.4, 0.5) is 0 Å². The van der Waals surface area contributed by atoms with Gasteiger partial charge in [-0.15, -0.1) is 0 Å². The maximum absolute atomic E-state index is 9.96. The molecule has 0 atom stereocenters. The standard InChI is InChI=1S/C4H8NO.BrH.Mg/c1-4(6)5(2)3;;/h1H2,2-3H3;1H;/q-1;;+2/p-1. The third-order valence-electron chi connectivity index (χ3n) is 0.499. The molecule has 8 heavy (non-hydrogen) atoms. The molecule has 2 nitrogen and oxygen atoms in total. The van der Waals surface area contributed by atoms with Gasteiger partial charge in [-0.3, -0.25) is 0 Å². The van der Waals surface area contributed by atoms with Gasteiger partial charge in [-0.05, 0) is 0 Å². The third kappa shape index (κ3) is 9.77. The van der Waals surface area contributed by atoms with Crippen molar-refractivity contribution in [2.75, 3.05) is 14.1 Å². The Balaban J connectivity index is -0.000000125. The fourth-order valence-corrected chi connectivity index (χ4v) is 0. The van der Waals surface area contributed by atoms with Crippen LogP contribution in [0.25, 0.3) is 0 Å². The smallest absolute Gasteiger partial charge is 1.00 e. The molecule has 0 N–H and O–H groups in total. The fraction of sp³-hybridized carbons (Fsp3) is 0.500. The van der Waals surface area contributed by atoms with Crippen LogP contribution in [0.3, 0.4) is 0 Å². The first kappa shape index (κ1) is 15.8. The first-order chi connectivity index (χ1) is 2.64. The largest absolute Gasteiger partial charge is 2.00 e. The summed E-state index contributed by atoms with van der Waals surface area (Å²) in [4.78, 5) is 11.4. The van der Waals surface area contributed by atoms with E-state index >= 15 is 0 Å². The molecule has 1 amide bonds. The maximum Gasteiger partial charge on any atom is 2.00 e. The van der Waals surface area contributed by atoms with E-state index < -0.39 is 0 Å². The summed E-state index contributed by atoms with van der Waals surface area (Å²) in [5.74, 6) is -0.157. The van der Waals surface area contributed by atoms with Crippen LogP contribution in [0.2, 0.25) is 0 Å². The molecule has 0 fully saturated rings. The minimum Gasteiger partial charge on any atom is -1.00 e. The summed E-state index contributed by atoms with van der Waals surface area (Å²) in [6.07, 6.45) is 0. The van der Waals surface area contributed by atoms with Crippen molar-refractivity contribution >= 4 is 29.0 Å². The Morgan fingerprint density at radius 3 is 1.62 bits per heavy atom. The van der Waals surface area contributed by atoms with E-state index in [1.807, 2.05) is 0 Å². The van der Waals surface area contributed by atoms with Gasteiger partial charge >= 0.3 is 23.1 Å². The molecule has 0 rings (SSSR count). The average Bonchev–Trinajstić information content (AvgIpc) is 1.36. The van der Waals surface area contributed by atoms with Gasteiger partial charge in [0.15, 0.2) is 0 Å². The number of amides is 1. The van der Waals surface area contributed by atoms with Crippen molar-refractivity contribution in [2.45, 2.75) is 0 Å². The van der Waals surface area contributed by atoms with E-state index in [2.05, 4.69) is 6.92 Å². The second-order valence-electron chi connectivity index (χ2n) is 1.29. The molecule has 0 aromatic heterocycles. The van der Waals surface area contributed by atoms with Crippen molar-refractivity contribution in [2.24, 2.45) is 0 Å². The van der Waals surface area contributed by atoms with E-state index in [0.717, 1.165) is 0 Å². The van der Waals surface area contributed by atoms with Gasteiger partial charge in [0.25, 0.3) is 0 Å². The molecule has 0 aliphatic rings. The molecule has 0 aromatic carbocycles. The molecule has 0 aliphatic heterocycles. The number of hydrogen-bond acceptors (Lipinski definition) is 1. The van der Waals surface area contributed by atoms with Crippen LogP contribution in [0.5, 0.6) is 0 Å². The molecule has 0 saturated heterocycles. The van der Waals surface area contributed by atoms with Crippen LogP contribution in [0, 0.1) is 6.92 Å². The van der Waals surface area contributed by atoms with Gasteiger partial charge in [0.05, 0.1) is 5.91 Å². The Bertz CT molecular complexity index is 67.1. The van der Waals surface area contributed by atoms with Crippen molar-refractivity contribution in [1.29, 1.82) is 0 Å². The summed E-state index contributed by atoms with van der Waals surface area (Å²) >= 11 is 0. The van der Waals surface area contributed by atoms with E-state index in [-0.39, 0.29) is 45.9 Å². The summed E-state index contributed by atoms with van der Waals surface area (Å²) in [5, 5.41) is 0. The Labute approximate surface area is 76.5 Å². The molecule has 0 bridgehead atoms. The van der Waals surface area contributed by atoms with Gasteiger partial charge in [0.2, 0.25) is 0 Å². The quantitative estimate of drug-likeness (QED) is 0.287. The normalized spacial score (nSPS) is 5.75. The Morgan fingerprint density at radius 1 is 1.50 bits per heavy atom. The molecule has 44 valence electrons. The monoisotopic (exact) mass is 189 g/mol. The van der Waals surface area contributed by atoms with Gasteiger partial charge < -0.3 is 33.6 Å². The van der Waals surface area contributed by atoms with Crippen molar-refractivity contribution in [1.82, 2.24) is 4.90 Å². The first-order valence-corrected chi connectivity index (χ1v) is 1.68. The van der Waals surface area contributed by atoms with Crippen LogP contribution >= 0.6 is 0 Å². The molecule has 0 aromatic rings. The van der Waals surface area contributed by atoms with E-state index in [1.165, 1.54) is 4.90 Å². The second-order valence-corrected chi connectivity index (χ2v) is 1.29. The molecule has 0 spiro atoms. The number of hydrogen-bond donors (Lipinski definition) is 0. The van der Waals surface area contributed by atoms with Gasteiger partial charge in [-0.1, -0.05) is 0 Å². The zero-order valence-electron chi connectivity index (χ0n) is 5.15. The summed E-state index contributed by atoms with van der Waals surface area (Å²) in [7, 11) is 3.32. The van der Waals surface area contributed by atoms with Crippen LogP contribution < -0.4 is 17.0 Å². The number of carbonyl (C=O) groups excluding carboxylic acids is 1. The van der Waals surface area contributed by atoms with E-state index in [9.17, 15) is 4.79 Å². The van der Waals surface area contributed by atoms with Gasteiger partial charge in [0, 0.05) is 14.1 Å². The van der Waals surface area contributed by atoms with Crippen LogP contribution in [0.1, 0.15) is 0 Å². The summed E-state index contributed by atoms with van der Waals surface area (Å²) < 4.78 is 0. The SMILES string of the molecule is [Br-].[CH2-]C(=O)N(C)C.[Mg+2]. The molecule has 0 saturated carbocycles. The molecule has 4 heteroatoms. The summed E-state index contributed by atoms with van der Waals surface area (Å²) in [5.41, 5.74) is 0. The van der Waals surface area contributed by atoms with Crippen LogP contribution in [-0.2, 0) is 4.79 Å². The number of rotatable bonds is 0. The fourth-order valence-electron chi connectivity index (χ4n) is 0. The minimum atomic E-state index is -0.157. The summed E-state index contributed by atoms with van der Waals surface area (Å²) in [6.45, 7) is 3.12. The van der Waals surface area contributed by atoms with Gasteiger partial charge in [-0.25, -0.2) is 0 Å². The molecule has 0 radical (unpaired) electrons. The third-order valence-corrected chi connectivity index (χ3v) is 0.499. The predicted molar refractivity (Wildman–Crippen MR) is 29.8 cm³/mol. The maximum atomic E-state index is 9.96. The van der Waals surface area contributed by atoms with Crippen molar-refractivity contribution in [3.63, 3.8) is 0 Å². The second kappa shape index (κ2) is 7.59. The molecular formula is C4H8BrMgNO. The molecular weight excluding hydrogens is 182 g/mol. The average molecular weight is 190 g/mol. The summed E-state index contributed by atoms with van der Waals surface area (Å²) in [6, 6.07) is 0. The van der Waals surface area contributed by atoms with Crippen molar-refractivity contribution in [3.8, 4) is 0 Å². The van der Waals surface area contributed by atoms with Crippen molar-refractivity contribution < 1.29 is 21.8 Å². The Kier molecular flexibility index (Phi) is 15.0. The van der Waals surface area contributed by atoms with E-state index in [1.54, 1.807) is 14.1 Å². The molecule has 0 aliphatic carbocycles. The number of carbonyl (C=O) groups is 1. The topological polar surface area (TPSA) is 20.3 Å². The van der Waals surface area contributed by atoms with Crippen LogP contribution in [0.15, 0.2) is 0 Å². The van der Waals surface area contributed by atoms with Gasteiger partial charge in [-0.2, -0.15) is 0 Å². The minimum absolute atomic E-state index is 0. The van der Waals surface area contributed by atoms with E-state index in [0.29, 0.717) is 0 Å². The van der Waals surface area contributed by atoms with Crippen molar-refractivity contribution in [3.05, 3.63) is 6.92 Å². The Morgan fingerprint density at radius 2 is 1.62 bits per heavy atom. The zero-order chi connectivity index (χ0) is 5.15.